The lowest BCUT2D eigenvalue weighted by molar-refractivity contribution is 0.156. The van der Waals surface area contributed by atoms with Crippen LogP contribution >= 0.6 is 0 Å². The number of aryl methyl sites for hydroxylation is 1. The molecule has 0 amide bonds. The molecule has 0 spiro atoms. The van der Waals surface area contributed by atoms with Crippen LogP contribution in [-0.4, -0.2) is 23.4 Å². The highest BCUT2D eigenvalue weighted by Crippen LogP contribution is 2.32. The highest BCUT2D eigenvalue weighted by molar-refractivity contribution is 5.38. The van der Waals surface area contributed by atoms with E-state index >= 15 is 0 Å². The summed E-state index contributed by atoms with van der Waals surface area (Å²) in [4.78, 5) is 0. The fourth-order valence-electron chi connectivity index (χ4n) is 2.60. The lowest BCUT2D eigenvalue weighted by atomic mass is 9.89. The summed E-state index contributed by atoms with van der Waals surface area (Å²) in [6, 6.07) is 6.08. The minimum absolute atomic E-state index is 0.281. The van der Waals surface area contributed by atoms with Gasteiger partial charge in [-0.25, -0.2) is 0 Å². The van der Waals surface area contributed by atoms with Crippen LogP contribution in [0.25, 0.3) is 0 Å². The standard InChI is InChI=1S/C16H24O3/c17-10-3-1-2-4-11-19-14-9-8-13-6-5-7-16(18)15(13)12-14/h8-9,12,16-18H,1-7,10-11H2/t16-/m0/s1. The Hall–Kier alpha value is -1.06. The van der Waals surface area contributed by atoms with Crippen LogP contribution in [0.15, 0.2) is 18.2 Å². The van der Waals surface area contributed by atoms with E-state index in [0.717, 1.165) is 56.3 Å². The Morgan fingerprint density at radius 1 is 1.16 bits per heavy atom. The Morgan fingerprint density at radius 3 is 2.84 bits per heavy atom. The number of rotatable bonds is 7. The fourth-order valence-corrected chi connectivity index (χ4v) is 2.60. The Morgan fingerprint density at radius 2 is 2.00 bits per heavy atom. The zero-order valence-electron chi connectivity index (χ0n) is 11.5. The van der Waals surface area contributed by atoms with Crippen LogP contribution in [0.4, 0.5) is 0 Å². The van der Waals surface area contributed by atoms with Crippen molar-refractivity contribution in [2.75, 3.05) is 13.2 Å². The van der Waals surface area contributed by atoms with E-state index in [-0.39, 0.29) is 12.7 Å². The summed E-state index contributed by atoms with van der Waals surface area (Å²) in [5.74, 6) is 0.863. The molecule has 1 atom stereocenters. The zero-order chi connectivity index (χ0) is 13.5. The van der Waals surface area contributed by atoms with Crippen molar-refractivity contribution in [3.05, 3.63) is 29.3 Å². The van der Waals surface area contributed by atoms with Crippen LogP contribution in [0.2, 0.25) is 0 Å². The second-order valence-electron chi connectivity index (χ2n) is 5.25. The Kier molecular flexibility index (Phi) is 5.67. The van der Waals surface area contributed by atoms with E-state index in [1.807, 2.05) is 12.1 Å². The molecule has 0 heterocycles. The van der Waals surface area contributed by atoms with Crippen molar-refractivity contribution in [3.8, 4) is 5.75 Å². The molecule has 1 aliphatic rings. The fraction of sp³-hybridized carbons (Fsp3) is 0.625. The molecule has 0 fully saturated rings. The molecule has 1 aromatic carbocycles. The van der Waals surface area contributed by atoms with Crippen LogP contribution in [0.3, 0.4) is 0 Å². The van der Waals surface area contributed by atoms with Crippen molar-refractivity contribution in [1.82, 2.24) is 0 Å². The normalized spacial score (nSPS) is 18.1. The quantitative estimate of drug-likeness (QED) is 0.744. The average Bonchev–Trinajstić information content (AvgIpc) is 2.43. The van der Waals surface area contributed by atoms with Gasteiger partial charge in [0, 0.05) is 6.61 Å². The van der Waals surface area contributed by atoms with Gasteiger partial charge in [0.25, 0.3) is 0 Å². The second kappa shape index (κ2) is 7.51. The van der Waals surface area contributed by atoms with Crippen LogP contribution in [0.1, 0.15) is 55.8 Å². The number of fused-ring (bicyclic) bond motifs is 1. The van der Waals surface area contributed by atoms with Gasteiger partial charge in [0.2, 0.25) is 0 Å². The lowest BCUT2D eigenvalue weighted by Crippen LogP contribution is -2.09. The number of unbranched alkanes of at least 4 members (excludes halogenated alkanes) is 3. The maximum atomic E-state index is 9.98. The van der Waals surface area contributed by atoms with Gasteiger partial charge in [-0.1, -0.05) is 12.5 Å². The number of aliphatic hydroxyl groups is 2. The molecule has 0 bridgehead atoms. The molecule has 0 radical (unpaired) electrons. The molecule has 0 aromatic heterocycles. The largest absolute Gasteiger partial charge is 0.494 e. The van der Waals surface area contributed by atoms with Gasteiger partial charge in [-0.2, -0.15) is 0 Å². The summed E-state index contributed by atoms with van der Waals surface area (Å²) < 4.78 is 5.73. The van der Waals surface area contributed by atoms with Crippen molar-refractivity contribution in [1.29, 1.82) is 0 Å². The van der Waals surface area contributed by atoms with Gasteiger partial charge in [0.05, 0.1) is 12.7 Å². The summed E-state index contributed by atoms with van der Waals surface area (Å²) in [5.41, 5.74) is 2.30. The third-order valence-corrected chi connectivity index (χ3v) is 3.72. The molecule has 0 saturated carbocycles. The van der Waals surface area contributed by atoms with E-state index in [0.29, 0.717) is 6.61 Å². The van der Waals surface area contributed by atoms with E-state index in [4.69, 9.17) is 9.84 Å². The molecule has 0 unspecified atom stereocenters. The molecular weight excluding hydrogens is 240 g/mol. The molecule has 3 nitrogen and oxygen atoms in total. The molecule has 3 heteroatoms. The monoisotopic (exact) mass is 264 g/mol. The van der Waals surface area contributed by atoms with Crippen molar-refractivity contribution >= 4 is 0 Å². The minimum atomic E-state index is -0.322. The van der Waals surface area contributed by atoms with Crippen LogP contribution in [-0.2, 0) is 6.42 Å². The van der Waals surface area contributed by atoms with E-state index in [9.17, 15) is 5.11 Å². The number of hydrogen-bond acceptors (Lipinski definition) is 3. The minimum Gasteiger partial charge on any atom is -0.494 e. The molecule has 1 aromatic rings. The first-order valence-corrected chi connectivity index (χ1v) is 7.36. The number of ether oxygens (including phenoxy) is 1. The van der Waals surface area contributed by atoms with Gasteiger partial charge >= 0.3 is 0 Å². The van der Waals surface area contributed by atoms with Gasteiger partial charge < -0.3 is 14.9 Å². The maximum absolute atomic E-state index is 9.98. The van der Waals surface area contributed by atoms with Crippen LogP contribution in [0.5, 0.6) is 5.75 Å². The third kappa shape index (κ3) is 4.22. The summed E-state index contributed by atoms with van der Waals surface area (Å²) >= 11 is 0. The van der Waals surface area contributed by atoms with E-state index in [1.54, 1.807) is 0 Å². The van der Waals surface area contributed by atoms with Crippen molar-refractivity contribution in [2.24, 2.45) is 0 Å². The number of aliphatic hydroxyl groups excluding tert-OH is 2. The van der Waals surface area contributed by atoms with Crippen molar-refractivity contribution < 1.29 is 14.9 Å². The van der Waals surface area contributed by atoms with Gasteiger partial charge in [-0.05, 0) is 61.8 Å². The first kappa shape index (κ1) is 14.4. The average molecular weight is 264 g/mol. The van der Waals surface area contributed by atoms with E-state index < -0.39 is 0 Å². The van der Waals surface area contributed by atoms with E-state index in [2.05, 4.69) is 6.07 Å². The number of benzene rings is 1. The summed E-state index contributed by atoms with van der Waals surface area (Å²) in [5, 5.41) is 18.7. The van der Waals surface area contributed by atoms with Crippen molar-refractivity contribution in [3.63, 3.8) is 0 Å². The predicted octanol–water partition coefficient (Wildman–Crippen LogP) is 2.99. The first-order chi connectivity index (χ1) is 9.31. The second-order valence-corrected chi connectivity index (χ2v) is 5.25. The van der Waals surface area contributed by atoms with Crippen molar-refractivity contribution in [2.45, 2.75) is 51.0 Å². The maximum Gasteiger partial charge on any atom is 0.119 e. The Balaban J connectivity index is 1.79. The smallest absolute Gasteiger partial charge is 0.119 e. The van der Waals surface area contributed by atoms with E-state index in [1.165, 1.54) is 5.56 Å². The molecule has 2 N–H and O–H groups in total. The Labute approximate surface area is 115 Å². The third-order valence-electron chi connectivity index (χ3n) is 3.72. The predicted molar refractivity (Wildman–Crippen MR) is 75.4 cm³/mol. The molecular formula is C16H24O3. The molecule has 19 heavy (non-hydrogen) atoms. The highest BCUT2D eigenvalue weighted by atomic mass is 16.5. The van der Waals surface area contributed by atoms with Crippen LogP contribution < -0.4 is 4.74 Å². The highest BCUT2D eigenvalue weighted by Gasteiger charge is 2.18. The summed E-state index contributed by atoms with van der Waals surface area (Å²) in [6.07, 6.45) is 6.71. The number of hydrogen-bond donors (Lipinski definition) is 2. The topological polar surface area (TPSA) is 49.7 Å². The first-order valence-electron chi connectivity index (χ1n) is 7.36. The molecule has 0 saturated heterocycles. The van der Waals surface area contributed by atoms with Gasteiger partial charge in [0.1, 0.15) is 5.75 Å². The summed E-state index contributed by atoms with van der Waals surface area (Å²) in [7, 11) is 0. The SMILES string of the molecule is OCCCCCCOc1ccc2c(c1)[C@@H](O)CCC2. The van der Waals surface area contributed by atoms with Crippen LogP contribution in [0, 0.1) is 0 Å². The van der Waals surface area contributed by atoms with Gasteiger partial charge in [-0.3, -0.25) is 0 Å². The van der Waals surface area contributed by atoms with Gasteiger partial charge in [0.15, 0.2) is 0 Å². The molecule has 2 rings (SSSR count). The molecule has 106 valence electrons. The zero-order valence-corrected chi connectivity index (χ0v) is 11.5. The molecule has 1 aliphatic carbocycles. The molecule has 0 aliphatic heterocycles. The lowest BCUT2D eigenvalue weighted by Gasteiger charge is -2.22. The van der Waals surface area contributed by atoms with Gasteiger partial charge in [-0.15, -0.1) is 0 Å². The summed E-state index contributed by atoms with van der Waals surface area (Å²) in [6.45, 7) is 0.990. The Bertz CT molecular complexity index is 390.